The molecule has 2 N–H and O–H groups in total. The zero-order valence-corrected chi connectivity index (χ0v) is 17.1. The van der Waals surface area contributed by atoms with Gasteiger partial charge in [0, 0.05) is 18.9 Å². The van der Waals surface area contributed by atoms with E-state index in [-0.39, 0.29) is 11.8 Å². The Balaban J connectivity index is 1.68. The van der Waals surface area contributed by atoms with Crippen LogP contribution in [-0.4, -0.2) is 22.9 Å². The molecule has 1 aromatic heterocycles. The Morgan fingerprint density at radius 2 is 1.90 bits per heavy atom. The van der Waals surface area contributed by atoms with Gasteiger partial charge < -0.3 is 15.4 Å². The maximum Gasteiger partial charge on any atom is 0.265 e. The lowest BCUT2D eigenvalue weighted by Gasteiger charge is -2.19. The molecule has 2 amide bonds. The van der Waals surface area contributed by atoms with Gasteiger partial charge in [-0.2, -0.15) is 0 Å². The normalized spacial score (nSPS) is 11.4. The first-order valence-corrected chi connectivity index (χ1v) is 9.87. The fourth-order valence-electron chi connectivity index (χ4n) is 2.96. The number of aryl methyl sites for hydroxylation is 1. The lowest BCUT2D eigenvalue weighted by Crippen LogP contribution is -2.33. The highest BCUT2D eigenvalue weighted by Gasteiger charge is 2.21. The monoisotopic (exact) mass is 403 g/mol. The van der Waals surface area contributed by atoms with Gasteiger partial charge in [-0.3, -0.25) is 14.6 Å². The first kappa shape index (κ1) is 21.0. The van der Waals surface area contributed by atoms with E-state index in [0.29, 0.717) is 30.0 Å². The zero-order valence-electron chi connectivity index (χ0n) is 17.1. The number of pyridine rings is 1. The molecule has 0 bridgehead atoms. The van der Waals surface area contributed by atoms with Crippen molar-refractivity contribution in [3.63, 3.8) is 0 Å². The summed E-state index contributed by atoms with van der Waals surface area (Å²) >= 11 is 0. The van der Waals surface area contributed by atoms with E-state index in [1.54, 1.807) is 36.7 Å². The number of benzene rings is 2. The van der Waals surface area contributed by atoms with Crippen LogP contribution < -0.4 is 15.4 Å². The fraction of sp³-hybridized carbons (Fsp3) is 0.208. The van der Waals surface area contributed by atoms with Gasteiger partial charge in [-0.15, -0.1) is 0 Å². The van der Waals surface area contributed by atoms with Crippen molar-refractivity contribution in [3.8, 4) is 5.75 Å². The number of para-hydroxylation sites is 1. The SMILES string of the molecule is CC[C@@H](Oc1cccc(C)c1)C(=O)Nc1ccccc1C(=O)NCc1cccnc1. The highest BCUT2D eigenvalue weighted by Crippen LogP contribution is 2.19. The van der Waals surface area contributed by atoms with Gasteiger partial charge in [0.25, 0.3) is 11.8 Å². The Hall–Kier alpha value is -3.67. The van der Waals surface area contributed by atoms with Crippen LogP contribution in [0.15, 0.2) is 73.1 Å². The molecule has 6 heteroatoms. The predicted octanol–water partition coefficient (Wildman–Crippen LogP) is 4.12. The summed E-state index contributed by atoms with van der Waals surface area (Å²) in [6.45, 7) is 4.20. The molecule has 2 aromatic carbocycles. The minimum Gasteiger partial charge on any atom is -0.481 e. The van der Waals surface area contributed by atoms with E-state index in [0.717, 1.165) is 11.1 Å². The largest absolute Gasteiger partial charge is 0.481 e. The molecular formula is C24H25N3O3. The van der Waals surface area contributed by atoms with Gasteiger partial charge in [0.15, 0.2) is 6.10 Å². The highest BCUT2D eigenvalue weighted by atomic mass is 16.5. The molecule has 30 heavy (non-hydrogen) atoms. The first-order valence-electron chi connectivity index (χ1n) is 9.87. The smallest absolute Gasteiger partial charge is 0.265 e. The molecule has 1 atom stereocenters. The Morgan fingerprint density at radius 3 is 2.63 bits per heavy atom. The van der Waals surface area contributed by atoms with Crippen molar-refractivity contribution in [2.75, 3.05) is 5.32 Å². The van der Waals surface area contributed by atoms with Crippen molar-refractivity contribution in [3.05, 3.63) is 89.7 Å². The third-order valence-corrected chi connectivity index (χ3v) is 4.54. The van der Waals surface area contributed by atoms with Crippen LogP contribution in [0.4, 0.5) is 5.69 Å². The zero-order chi connectivity index (χ0) is 21.3. The number of anilines is 1. The van der Waals surface area contributed by atoms with Crippen molar-refractivity contribution < 1.29 is 14.3 Å². The summed E-state index contributed by atoms with van der Waals surface area (Å²) in [6.07, 6.45) is 3.20. The number of nitrogens with zero attached hydrogens (tertiary/aromatic N) is 1. The molecule has 0 aliphatic heterocycles. The molecule has 0 fully saturated rings. The molecule has 0 saturated carbocycles. The van der Waals surface area contributed by atoms with Crippen LogP contribution in [0.1, 0.15) is 34.8 Å². The molecule has 0 aliphatic rings. The standard InChI is InChI=1S/C24H25N3O3/c1-3-22(30-19-10-6-8-17(2)14-19)24(29)27-21-12-5-4-11-20(21)23(28)26-16-18-9-7-13-25-15-18/h4-15,22H,3,16H2,1-2H3,(H,26,28)(H,27,29)/t22-/m1/s1. The Bertz CT molecular complexity index is 1010. The van der Waals surface area contributed by atoms with Crippen LogP contribution in [-0.2, 0) is 11.3 Å². The van der Waals surface area contributed by atoms with E-state index in [2.05, 4.69) is 15.6 Å². The van der Waals surface area contributed by atoms with Gasteiger partial charge in [-0.1, -0.05) is 37.3 Å². The van der Waals surface area contributed by atoms with Gasteiger partial charge in [0.2, 0.25) is 0 Å². The number of hydrogen-bond donors (Lipinski definition) is 2. The van der Waals surface area contributed by atoms with Gasteiger partial charge in [-0.25, -0.2) is 0 Å². The first-order chi connectivity index (χ1) is 14.6. The summed E-state index contributed by atoms with van der Waals surface area (Å²) < 4.78 is 5.86. The van der Waals surface area contributed by atoms with Crippen molar-refractivity contribution in [2.45, 2.75) is 32.9 Å². The van der Waals surface area contributed by atoms with Crippen LogP contribution in [0.2, 0.25) is 0 Å². The molecule has 0 aliphatic carbocycles. The van der Waals surface area contributed by atoms with Crippen molar-refractivity contribution in [1.82, 2.24) is 10.3 Å². The van der Waals surface area contributed by atoms with Crippen LogP contribution in [0.5, 0.6) is 5.75 Å². The van der Waals surface area contributed by atoms with Crippen LogP contribution in [0, 0.1) is 6.92 Å². The molecule has 154 valence electrons. The molecule has 1 heterocycles. The molecule has 0 unspecified atom stereocenters. The minimum absolute atomic E-state index is 0.276. The summed E-state index contributed by atoms with van der Waals surface area (Å²) in [5.74, 6) is 0.0634. The quantitative estimate of drug-likeness (QED) is 0.593. The van der Waals surface area contributed by atoms with Crippen LogP contribution in [0.25, 0.3) is 0 Å². The number of carbonyl (C=O) groups excluding carboxylic acids is 2. The number of rotatable bonds is 8. The van der Waals surface area contributed by atoms with Crippen molar-refractivity contribution in [2.24, 2.45) is 0 Å². The van der Waals surface area contributed by atoms with E-state index in [1.807, 2.05) is 50.2 Å². The molecule has 6 nitrogen and oxygen atoms in total. The van der Waals surface area contributed by atoms with Gasteiger partial charge in [0.1, 0.15) is 5.75 Å². The second-order valence-corrected chi connectivity index (χ2v) is 6.91. The number of amides is 2. The summed E-state index contributed by atoms with van der Waals surface area (Å²) in [5.41, 5.74) is 2.78. The second kappa shape index (κ2) is 10.2. The van der Waals surface area contributed by atoms with Gasteiger partial charge in [0.05, 0.1) is 11.3 Å². The number of carbonyl (C=O) groups is 2. The van der Waals surface area contributed by atoms with Crippen LogP contribution >= 0.6 is 0 Å². The summed E-state index contributed by atoms with van der Waals surface area (Å²) in [6, 6.07) is 18.2. The number of ether oxygens (including phenoxy) is 1. The van der Waals surface area contributed by atoms with Crippen molar-refractivity contribution in [1.29, 1.82) is 0 Å². The maximum absolute atomic E-state index is 12.8. The third-order valence-electron chi connectivity index (χ3n) is 4.54. The van der Waals surface area contributed by atoms with Gasteiger partial charge >= 0.3 is 0 Å². The maximum atomic E-state index is 12.8. The average Bonchev–Trinajstić information content (AvgIpc) is 2.77. The average molecular weight is 403 g/mol. The fourth-order valence-corrected chi connectivity index (χ4v) is 2.96. The van der Waals surface area contributed by atoms with Crippen molar-refractivity contribution >= 4 is 17.5 Å². The topological polar surface area (TPSA) is 80.3 Å². The Kier molecular flexibility index (Phi) is 7.16. The molecular weight excluding hydrogens is 378 g/mol. The summed E-state index contributed by atoms with van der Waals surface area (Å²) in [7, 11) is 0. The molecule has 0 saturated heterocycles. The van der Waals surface area contributed by atoms with E-state index in [9.17, 15) is 9.59 Å². The molecule has 3 aromatic rings. The lowest BCUT2D eigenvalue weighted by molar-refractivity contribution is -0.122. The second-order valence-electron chi connectivity index (χ2n) is 6.91. The lowest BCUT2D eigenvalue weighted by atomic mass is 10.1. The third kappa shape index (κ3) is 5.67. The summed E-state index contributed by atoms with van der Waals surface area (Å²) in [4.78, 5) is 29.5. The summed E-state index contributed by atoms with van der Waals surface area (Å²) in [5, 5.41) is 5.70. The Morgan fingerprint density at radius 1 is 1.07 bits per heavy atom. The predicted molar refractivity (Wildman–Crippen MR) is 116 cm³/mol. The Labute approximate surface area is 176 Å². The molecule has 3 rings (SSSR count). The molecule has 0 radical (unpaired) electrons. The number of aromatic nitrogens is 1. The molecule has 0 spiro atoms. The van der Waals surface area contributed by atoms with E-state index in [1.165, 1.54) is 0 Å². The van der Waals surface area contributed by atoms with Gasteiger partial charge in [-0.05, 0) is 54.8 Å². The minimum atomic E-state index is -0.668. The van der Waals surface area contributed by atoms with E-state index >= 15 is 0 Å². The van der Waals surface area contributed by atoms with E-state index in [4.69, 9.17) is 4.74 Å². The number of nitrogens with one attached hydrogen (secondary N) is 2. The highest BCUT2D eigenvalue weighted by molar-refractivity contribution is 6.04. The number of hydrogen-bond acceptors (Lipinski definition) is 4. The van der Waals surface area contributed by atoms with Crippen LogP contribution in [0.3, 0.4) is 0 Å². The van der Waals surface area contributed by atoms with E-state index < -0.39 is 6.10 Å².